The number of rotatable bonds is 4. The number of hydrogen-bond acceptors (Lipinski definition) is 4. The molecule has 1 atom stereocenters. The molecule has 2 aromatic rings. The molecule has 1 amide bonds. The standard InChI is InChI=1S/C15H14ClNO4/c1-9-13(7-8-20-9)15(19)21-10(2)14(18)17-12-5-3-11(16)4-6-12/h3-8,10H,1-2H3,(H,17,18)/t10-/m1/s1. The lowest BCUT2D eigenvalue weighted by Gasteiger charge is -2.13. The van der Waals surface area contributed by atoms with Crippen LogP contribution in [0.3, 0.4) is 0 Å². The highest BCUT2D eigenvalue weighted by molar-refractivity contribution is 6.30. The van der Waals surface area contributed by atoms with Gasteiger partial charge in [0.15, 0.2) is 6.10 Å². The Hall–Kier alpha value is -2.27. The van der Waals surface area contributed by atoms with Crippen molar-refractivity contribution in [3.8, 4) is 0 Å². The molecular formula is C15H14ClNO4. The summed E-state index contributed by atoms with van der Waals surface area (Å²) < 4.78 is 10.1. The number of hydrogen-bond donors (Lipinski definition) is 1. The van der Waals surface area contributed by atoms with Gasteiger partial charge in [0.2, 0.25) is 0 Å². The van der Waals surface area contributed by atoms with E-state index in [1.165, 1.54) is 19.3 Å². The van der Waals surface area contributed by atoms with Crippen LogP contribution in [-0.4, -0.2) is 18.0 Å². The zero-order chi connectivity index (χ0) is 15.4. The Morgan fingerprint density at radius 1 is 1.24 bits per heavy atom. The summed E-state index contributed by atoms with van der Waals surface area (Å²) in [6.45, 7) is 3.15. The number of carbonyl (C=O) groups is 2. The van der Waals surface area contributed by atoms with E-state index in [0.29, 0.717) is 22.0 Å². The predicted octanol–water partition coefficient (Wildman–Crippen LogP) is 3.43. The van der Waals surface area contributed by atoms with Gasteiger partial charge in [-0.1, -0.05) is 11.6 Å². The third-order valence-electron chi connectivity index (χ3n) is 2.84. The molecule has 0 aliphatic rings. The zero-order valence-corrected chi connectivity index (χ0v) is 12.3. The van der Waals surface area contributed by atoms with Crippen molar-refractivity contribution in [2.24, 2.45) is 0 Å². The molecule has 1 aromatic heterocycles. The summed E-state index contributed by atoms with van der Waals surface area (Å²) >= 11 is 5.76. The van der Waals surface area contributed by atoms with Gasteiger partial charge in [0.25, 0.3) is 5.91 Å². The zero-order valence-electron chi connectivity index (χ0n) is 11.6. The number of benzene rings is 1. The van der Waals surface area contributed by atoms with Gasteiger partial charge in [-0.25, -0.2) is 4.79 Å². The van der Waals surface area contributed by atoms with Crippen molar-refractivity contribution in [1.29, 1.82) is 0 Å². The Bertz CT molecular complexity index is 648. The Labute approximate surface area is 126 Å². The fourth-order valence-corrected chi connectivity index (χ4v) is 1.78. The number of halogens is 1. The smallest absolute Gasteiger partial charge is 0.342 e. The van der Waals surface area contributed by atoms with E-state index in [-0.39, 0.29) is 0 Å². The Morgan fingerprint density at radius 2 is 1.90 bits per heavy atom. The van der Waals surface area contributed by atoms with Crippen LogP contribution in [0.5, 0.6) is 0 Å². The SMILES string of the molecule is Cc1occc1C(=O)O[C@H](C)C(=O)Nc1ccc(Cl)cc1. The van der Waals surface area contributed by atoms with Crippen LogP contribution in [0.1, 0.15) is 23.0 Å². The lowest BCUT2D eigenvalue weighted by molar-refractivity contribution is -0.123. The van der Waals surface area contributed by atoms with E-state index >= 15 is 0 Å². The number of ether oxygens (including phenoxy) is 1. The molecule has 110 valence electrons. The van der Waals surface area contributed by atoms with E-state index in [1.54, 1.807) is 31.2 Å². The number of esters is 1. The topological polar surface area (TPSA) is 68.5 Å². The molecule has 1 heterocycles. The average Bonchev–Trinajstić information content (AvgIpc) is 2.87. The van der Waals surface area contributed by atoms with Crippen molar-refractivity contribution in [3.63, 3.8) is 0 Å². The molecule has 0 spiro atoms. The van der Waals surface area contributed by atoms with Gasteiger partial charge in [-0.05, 0) is 44.2 Å². The van der Waals surface area contributed by atoms with Crippen LogP contribution in [0.25, 0.3) is 0 Å². The maximum atomic E-state index is 11.9. The maximum absolute atomic E-state index is 11.9. The Balaban J connectivity index is 1.95. The lowest BCUT2D eigenvalue weighted by atomic mass is 10.2. The summed E-state index contributed by atoms with van der Waals surface area (Å²) in [6.07, 6.45) is 0.465. The average molecular weight is 308 g/mol. The van der Waals surface area contributed by atoms with Gasteiger partial charge in [-0.2, -0.15) is 0 Å². The predicted molar refractivity (Wildman–Crippen MR) is 78.4 cm³/mol. The van der Waals surface area contributed by atoms with Crippen LogP contribution >= 0.6 is 11.6 Å². The summed E-state index contributed by atoms with van der Waals surface area (Å²) in [7, 11) is 0. The van der Waals surface area contributed by atoms with Crippen LogP contribution in [0, 0.1) is 6.92 Å². The van der Waals surface area contributed by atoms with Crippen LogP contribution < -0.4 is 5.32 Å². The Kier molecular flexibility index (Phi) is 4.65. The molecule has 0 saturated heterocycles. The monoisotopic (exact) mass is 307 g/mol. The van der Waals surface area contributed by atoms with Gasteiger partial charge in [0, 0.05) is 10.7 Å². The highest BCUT2D eigenvalue weighted by atomic mass is 35.5. The van der Waals surface area contributed by atoms with Gasteiger partial charge in [0.05, 0.1) is 6.26 Å². The molecule has 6 heteroatoms. The van der Waals surface area contributed by atoms with Gasteiger partial charge in [-0.3, -0.25) is 4.79 Å². The second kappa shape index (κ2) is 6.45. The highest BCUT2D eigenvalue weighted by Gasteiger charge is 2.21. The molecule has 0 aliphatic heterocycles. The van der Waals surface area contributed by atoms with Gasteiger partial charge >= 0.3 is 5.97 Å². The largest absolute Gasteiger partial charge is 0.469 e. The molecule has 0 unspecified atom stereocenters. The van der Waals surface area contributed by atoms with Crippen LogP contribution in [0.15, 0.2) is 41.0 Å². The number of anilines is 1. The number of amides is 1. The van der Waals surface area contributed by atoms with Crippen LogP contribution in [-0.2, 0) is 9.53 Å². The molecule has 1 N–H and O–H groups in total. The first-order valence-corrected chi connectivity index (χ1v) is 6.66. The van der Waals surface area contributed by atoms with Crippen molar-refractivity contribution in [3.05, 3.63) is 52.9 Å². The highest BCUT2D eigenvalue weighted by Crippen LogP contribution is 2.15. The normalized spacial score (nSPS) is 11.8. The molecule has 0 bridgehead atoms. The molecule has 0 fully saturated rings. The number of furan rings is 1. The first-order valence-electron chi connectivity index (χ1n) is 6.29. The van der Waals surface area contributed by atoms with Crippen molar-refractivity contribution >= 4 is 29.2 Å². The molecule has 0 aliphatic carbocycles. The van der Waals surface area contributed by atoms with Gasteiger partial charge < -0.3 is 14.5 Å². The fraction of sp³-hybridized carbons (Fsp3) is 0.200. The number of nitrogens with one attached hydrogen (secondary N) is 1. The van der Waals surface area contributed by atoms with Crippen molar-refractivity contribution < 1.29 is 18.7 Å². The van der Waals surface area contributed by atoms with Crippen LogP contribution in [0.4, 0.5) is 5.69 Å². The summed E-state index contributed by atoms with van der Waals surface area (Å²) in [5.41, 5.74) is 0.882. The molecule has 0 saturated carbocycles. The minimum atomic E-state index is -0.928. The summed E-state index contributed by atoms with van der Waals surface area (Å²) in [5.74, 6) is -0.572. The first kappa shape index (κ1) is 15.1. The van der Waals surface area contributed by atoms with E-state index in [9.17, 15) is 9.59 Å². The fourth-order valence-electron chi connectivity index (χ4n) is 1.65. The van der Waals surface area contributed by atoms with E-state index in [4.69, 9.17) is 20.8 Å². The maximum Gasteiger partial charge on any atom is 0.342 e. The van der Waals surface area contributed by atoms with Crippen molar-refractivity contribution in [2.45, 2.75) is 20.0 Å². The van der Waals surface area contributed by atoms with Crippen molar-refractivity contribution in [2.75, 3.05) is 5.32 Å². The second-order valence-corrected chi connectivity index (χ2v) is 4.87. The first-order chi connectivity index (χ1) is 9.97. The van der Waals surface area contributed by atoms with Gasteiger partial charge in [-0.15, -0.1) is 0 Å². The molecule has 1 aromatic carbocycles. The third kappa shape index (κ3) is 3.86. The van der Waals surface area contributed by atoms with E-state index < -0.39 is 18.0 Å². The lowest BCUT2D eigenvalue weighted by Crippen LogP contribution is -2.30. The minimum Gasteiger partial charge on any atom is -0.469 e. The molecule has 2 rings (SSSR count). The molecule has 21 heavy (non-hydrogen) atoms. The van der Waals surface area contributed by atoms with E-state index in [1.807, 2.05) is 0 Å². The Morgan fingerprint density at radius 3 is 2.48 bits per heavy atom. The summed E-state index contributed by atoms with van der Waals surface area (Å²) in [5, 5.41) is 3.21. The second-order valence-electron chi connectivity index (χ2n) is 4.43. The minimum absolute atomic E-state index is 0.307. The molecule has 5 nitrogen and oxygen atoms in total. The van der Waals surface area contributed by atoms with E-state index in [0.717, 1.165) is 0 Å². The quantitative estimate of drug-likeness (QED) is 0.879. The summed E-state index contributed by atoms with van der Waals surface area (Å²) in [4.78, 5) is 23.8. The number of carbonyl (C=O) groups excluding carboxylic acids is 2. The summed E-state index contributed by atoms with van der Waals surface area (Å²) in [6, 6.07) is 8.14. The molecular weight excluding hydrogens is 294 g/mol. The molecule has 0 radical (unpaired) electrons. The third-order valence-corrected chi connectivity index (χ3v) is 3.10. The van der Waals surface area contributed by atoms with Crippen molar-refractivity contribution in [1.82, 2.24) is 0 Å². The van der Waals surface area contributed by atoms with Crippen LogP contribution in [0.2, 0.25) is 5.02 Å². The van der Waals surface area contributed by atoms with Gasteiger partial charge in [0.1, 0.15) is 11.3 Å². The van der Waals surface area contributed by atoms with E-state index in [2.05, 4.69) is 5.32 Å². The number of aryl methyl sites for hydroxylation is 1.